The lowest BCUT2D eigenvalue weighted by molar-refractivity contribution is -0.128. The molecule has 0 bridgehead atoms. The van der Waals surface area contributed by atoms with Crippen molar-refractivity contribution in [3.05, 3.63) is 0 Å². The third-order valence-corrected chi connectivity index (χ3v) is 1.75. The van der Waals surface area contributed by atoms with Crippen LogP contribution in [-0.2, 0) is 4.79 Å². The van der Waals surface area contributed by atoms with Gasteiger partial charge in [0, 0.05) is 11.8 Å². The van der Waals surface area contributed by atoms with Crippen LogP contribution in [0.4, 0.5) is 0 Å². The Labute approximate surface area is 67.6 Å². The molecule has 0 rings (SSSR count). The van der Waals surface area contributed by atoms with Gasteiger partial charge in [0.25, 0.3) is 0 Å². The average Bonchev–Trinajstić information content (AvgIpc) is 1.56. The maximum atomic E-state index is 11.0. The maximum absolute atomic E-state index is 11.0. The molecule has 11 heavy (non-hydrogen) atoms. The molecule has 3 heteroatoms. The molecule has 3 nitrogen and oxygen atoms in total. The Morgan fingerprint density at radius 2 is 1.82 bits per heavy atom. The first-order valence-corrected chi connectivity index (χ1v) is 3.67. The molecule has 0 aliphatic carbocycles. The first-order chi connectivity index (χ1) is 4.65. The van der Waals surface area contributed by atoms with E-state index in [9.17, 15) is 9.90 Å². The summed E-state index contributed by atoms with van der Waals surface area (Å²) in [6, 6.07) is 0. The zero-order chi connectivity index (χ0) is 9.28. The van der Waals surface area contributed by atoms with Crippen LogP contribution in [0, 0.1) is 5.41 Å². The summed E-state index contributed by atoms with van der Waals surface area (Å²) in [5.41, 5.74) is 3.58. The minimum absolute atomic E-state index is 0.0447. The second-order valence-corrected chi connectivity index (χ2v) is 3.97. The van der Waals surface area contributed by atoms with Gasteiger partial charge in [-0.25, -0.2) is 0 Å². The van der Waals surface area contributed by atoms with Crippen molar-refractivity contribution >= 4 is 5.78 Å². The first kappa shape index (κ1) is 10.6. The van der Waals surface area contributed by atoms with Crippen LogP contribution in [0.1, 0.15) is 34.1 Å². The topological polar surface area (TPSA) is 63.3 Å². The Kier molecular flexibility index (Phi) is 2.80. The number of rotatable bonds is 3. The predicted molar refractivity (Wildman–Crippen MR) is 43.9 cm³/mol. The molecule has 0 spiro atoms. The average molecular weight is 159 g/mol. The summed E-state index contributed by atoms with van der Waals surface area (Å²) in [5.74, 6) is 0.0447. The zero-order valence-corrected chi connectivity index (χ0v) is 7.64. The van der Waals surface area contributed by atoms with Crippen LogP contribution in [0.15, 0.2) is 0 Å². The Bertz CT molecular complexity index is 156. The number of carbonyl (C=O) groups is 1. The van der Waals surface area contributed by atoms with Gasteiger partial charge >= 0.3 is 0 Å². The van der Waals surface area contributed by atoms with Gasteiger partial charge in [0.1, 0.15) is 11.5 Å². The van der Waals surface area contributed by atoms with E-state index in [0.29, 0.717) is 0 Å². The molecule has 0 aromatic rings. The van der Waals surface area contributed by atoms with E-state index >= 15 is 0 Å². The van der Waals surface area contributed by atoms with Gasteiger partial charge in [0.15, 0.2) is 0 Å². The van der Waals surface area contributed by atoms with Crippen molar-refractivity contribution in [2.45, 2.75) is 39.8 Å². The van der Waals surface area contributed by atoms with E-state index < -0.39 is 11.1 Å². The molecule has 0 saturated heterocycles. The predicted octanol–water partition coefficient (Wildman–Crippen LogP) is 0.659. The van der Waals surface area contributed by atoms with Crippen LogP contribution in [0.25, 0.3) is 0 Å². The van der Waals surface area contributed by atoms with E-state index in [4.69, 9.17) is 5.73 Å². The molecule has 0 fully saturated rings. The molecule has 0 aliphatic heterocycles. The SMILES string of the molecule is CC(=O)C(C)(C)CC(C)(N)O. The number of nitrogens with two attached hydrogens (primary N) is 1. The number of carbonyl (C=O) groups excluding carboxylic acids is 1. The lowest BCUT2D eigenvalue weighted by Gasteiger charge is -2.28. The van der Waals surface area contributed by atoms with Gasteiger partial charge in [-0.3, -0.25) is 4.79 Å². The molecule has 0 aliphatic rings. The Hall–Kier alpha value is -0.410. The summed E-state index contributed by atoms with van der Waals surface area (Å²) in [6.07, 6.45) is 0.287. The van der Waals surface area contributed by atoms with Gasteiger partial charge in [0.2, 0.25) is 0 Å². The second-order valence-electron chi connectivity index (χ2n) is 3.97. The number of hydrogen-bond acceptors (Lipinski definition) is 3. The van der Waals surface area contributed by atoms with Crippen LogP contribution in [-0.4, -0.2) is 16.6 Å². The second kappa shape index (κ2) is 2.91. The third kappa shape index (κ3) is 4.11. The zero-order valence-electron chi connectivity index (χ0n) is 7.64. The molecule has 0 aromatic heterocycles. The molecule has 0 heterocycles. The summed E-state index contributed by atoms with van der Waals surface area (Å²) in [6.45, 7) is 6.55. The highest BCUT2D eigenvalue weighted by Crippen LogP contribution is 2.25. The third-order valence-electron chi connectivity index (χ3n) is 1.75. The number of aliphatic hydroxyl groups is 1. The lowest BCUT2D eigenvalue weighted by Crippen LogP contribution is -2.42. The van der Waals surface area contributed by atoms with Gasteiger partial charge < -0.3 is 10.8 Å². The van der Waals surface area contributed by atoms with Crippen molar-refractivity contribution in [3.8, 4) is 0 Å². The van der Waals surface area contributed by atoms with Gasteiger partial charge in [-0.15, -0.1) is 0 Å². The van der Waals surface area contributed by atoms with E-state index in [1.807, 2.05) is 0 Å². The van der Waals surface area contributed by atoms with Crippen LogP contribution in [0.5, 0.6) is 0 Å². The smallest absolute Gasteiger partial charge is 0.135 e. The molecule has 0 radical (unpaired) electrons. The molecular formula is C8H17NO2. The first-order valence-electron chi connectivity index (χ1n) is 3.67. The monoisotopic (exact) mass is 159 g/mol. The fourth-order valence-corrected chi connectivity index (χ4v) is 1.02. The Morgan fingerprint density at radius 3 is 1.91 bits per heavy atom. The Morgan fingerprint density at radius 1 is 1.45 bits per heavy atom. The fourth-order valence-electron chi connectivity index (χ4n) is 1.02. The minimum Gasteiger partial charge on any atom is -0.376 e. The summed E-state index contributed by atoms with van der Waals surface area (Å²) in [5, 5.41) is 9.23. The van der Waals surface area contributed by atoms with Gasteiger partial charge in [0.05, 0.1) is 0 Å². The quantitative estimate of drug-likeness (QED) is 0.594. The highest BCUT2D eigenvalue weighted by atomic mass is 16.3. The van der Waals surface area contributed by atoms with Gasteiger partial charge in [-0.2, -0.15) is 0 Å². The maximum Gasteiger partial charge on any atom is 0.135 e. The Balaban J connectivity index is 4.25. The molecule has 1 atom stereocenters. The molecule has 66 valence electrons. The summed E-state index contributed by atoms with van der Waals surface area (Å²) in [4.78, 5) is 11.0. The lowest BCUT2D eigenvalue weighted by atomic mass is 9.81. The number of ketones is 1. The molecule has 0 saturated carbocycles. The van der Waals surface area contributed by atoms with Crippen molar-refractivity contribution in [3.63, 3.8) is 0 Å². The summed E-state index contributed by atoms with van der Waals surface area (Å²) < 4.78 is 0. The molecule has 0 amide bonds. The molecular weight excluding hydrogens is 142 g/mol. The van der Waals surface area contributed by atoms with Crippen molar-refractivity contribution in [1.29, 1.82) is 0 Å². The van der Waals surface area contributed by atoms with Crippen molar-refractivity contribution < 1.29 is 9.90 Å². The highest BCUT2D eigenvalue weighted by Gasteiger charge is 2.30. The van der Waals surface area contributed by atoms with Crippen molar-refractivity contribution in [2.75, 3.05) is 0 Å². The molecule has 3 N–H and O–H groups in total. The summed E-state index contributed by atoms with van der Waals surface area (Å²) in [7, 11) is 0. The normalized spacial score (nSPS) is 17.6. The van der Waals surface area contributed by atoms with Gasteiger partial charge in [-0.05, 0) is 13.8 Å². The minimum atomic E-state index is -1.25. The van der Waals surface area contributed by atoms with Crippen molar-refractivity contribution in [1.82, 2.24) is 0 Å². The standard InChI is InChI=1S/C8H17NO2/c1-6(10)7(2,3)5-8(4,9)11/h11H,5,9H2,1-4H3. The van der Waals surface area contributed by atoms with Gasteiger partial charge in [-0.1, -0.05) is 13.8 Å². The van der Waals surface area contributed by atoms with E-state index in [1.54, 1.807) is 13.8 Å². The molecule has 1 unspecified atom stereocenters. The largest absolute Gasteiger partial charge is 0.376 e. The van der Waals surface area contributed by atoms with Crippen LogP contribution >= 0.6 is 0 Å². The van der Waals surface area contributed by atoms with Crippen LogP contribution in [0.3, 0.4) is 0 Å². The van der Waals surface area contributed by atoms with E-state index in [0.717, 1.165) is 0 Å². The highest BCUT2D eigenvalue weighted by molar-refractivity contribution is 5.81. The summed E-state index contributed by atoms with van der Waals surface area (Å²) >= 11 is 0. The molecule has 0 aromatic carbocycles. The van der Waals surface area contributed by atoms with Crippen LogP contribution < -0.4 is 5.73 Å². The fraction of sp³-hybridized carbons (Fsp3) is 0.875. The van der Waals surface area contributed by atoms with E-state index in [1.165, 1.54) is 13.8 Å². The van der Waals surface area contributed by atoms with E-state index in [-0.39, 0.29) is 12.2 Å². The van der Waals surface area contributed by atoms with Crippen molar-refractivity contribution in [2.24, 2.45) is 11.1 Å². The van der Waals surface area contributed by atoms with Crippen LogP contribution in [0.2, 0.25) is 0 Å². The van der Waals surface area contributed by atoms with E-state index in [2.05, 4.69) is 0 Å². The number of hydrogen-bond donors (Lipinski definition) is 2. The number of Topliss-reactive ketones (excluding diaryl/α,β-unsaturated/α-hetero) is 1.